The number of likely N-dealkylation sites (tertiary alicyclic amines) is 1. The van der Waals surface area contributed by atoms with E-state index in [-0.39, 0.29) is 18.9 Å². The molecule has 2 atom stereocenters. The van der Waals surface area contributed by atoms with Crippen molar-refractivity contribution in [3.05, 3.63) is 29.8 Å². The van der Waals surface area contributed by atoms with Gasteiger partial charge in [0.15, 0.2) is 0 Å². The number of hydrogen-bond donors (Lipinski definition) is 0. The fraction of sp³-hybridized carbons (Fsp3) is 0.550. The van der Waals surface area contributed by atoms with Crippen molar-refractivity contribution in [3.63, 3.8) is 0 Å². The molecule has 1 saturated carbocycles. The second-order valence-corrected chi connectivity index (χ2v) is 6.99. The van der Waals surface area contributed by atoms with Gasteiger partial charge in [-0.05, 0) is 43.9 Å². The molecular formula is C20H24N2O4. The number of fused-ring (bicyclic) bond motifs is 1. The van der Waals surface area contributed by atoms with Gasteiger partial charge in [-0.15, -0.1) is 0 Å². The molecule has 1 saturated heterocycles. The number of rotatable bonds is 5. The third kappa shape index (κ3) is 2.63. The summed E-state index contributed by atoms with van der Waals surface area (Å²) in [5, 5.41) is 10.1. The highest BCUT2D eigenvalue weighted by molar-refractivity contribution is 5.93. The van der Waals surface area contributed by atoms with Crippen LogP contribution in [0.5, 0.6) is 5.75 Å². The van der Waals surface area contributed by atoms with Crippen LogP contribution in [0.3, 0.4) is 0 Å². The molecule has 0 aromatic heterocycles. The van der Waals surface area contributed by atoms with Gasteiger partial charge in [-0.2, -0.15) is 5.26 Å². The summed E-state index contributed by atoms with van der Waals surface area (Å²) >= 11 is 0. The SMILES string of the molecule is CCOC(=O)[C@]12CCCC[C@@]1(C#N)N(Cc1ccc(OC)cc1)C(=O)C2. The van der Waals surface area contributed by atoms with Crippen molar-refractivity contribution in [2.45, 2.75) is 51.1 Å². The van der Waals surface area contributed by atoms with Crippen LogP contribution in [0.25, 0.3) is 0 Å². The van der Waals surface area contributed by atoms with Crippen molar-refractivity contribution in [2.24, 2.45) is 5.41 Å². The Labute approximate surface area is 153 Å². The second-order valence-electron chi connectivity index (χ2n) is 6.99. The average Bonchev–Trinajstić information content (AvgIpc) is 2.92. The van der Waals surface area contributed by atoms with Crippen LogP contribution in [0, 0.1) is 16.7 Å². The molecule has 2 aliphatic rings. The summed E-state index contributed by atoms with van der Waals surface area (Å²) in [6.45, 7) is 2.30. The first-order valence-electron chi connectivity index (χ1n) is 9.05. The van der Waals surface area contributed by atoms with Crippen molar-refractivity contribution in [2.75, 3.05) is 13.7 Å². The van der Waals surface area contributed by atoms with Crippen molar-refractivity contribution in [3.8, 4) is 11.8 Å². The maximum Gasteiger partial charge on any atom is 0.316 e. The zero-order valence-electron chi connectivity index (χ0n) is 15.3. The number of nitrogens with zero attached hydrogens (tertiary/aromatic N) is 2. The van der Waals surface area contributed by atoms with E-state index in [1.54, 1.807) is 18.9 Å². The summed E-state index contributed by atoms with van der Waals surface area (Å²) in [5.41, 5.74) is -1.28. The topological polar surface area (TPSA) is 79.6 Å². The molecule has 0 spiro atoms. The number of ether oxygens (including phenoxy) is 2. The lowest BCUT2D eigenvalue weighted by molar-refractivity contribution is -0.162. The van der Waals surface area contributed by atoms with Crippen molar-refractivity contribution in [1.82, 2.24) is 4.90 Å². The Morgan fingerprint density at radius 1 is 1.27 bits per heavy atom. The molecule has 6 nitrogen and oxygen atoms in total. The minimum atomic E-state index is -1.13. The highest BCUT2D eigenvalue weighted by atomic mass is 16.5. The molecule has 26 heavy (non-hydrogen) atoms. The average molecular weight is 356 g/mol. The number of methoxy groups -OCH3 is 1. The maximum absolute atomic E-state index is 12.9. The van der Waals surface area contributed by atoms with Crippen molar-refractivity contribution >= 4 is 11.9 Å². The van der Waals surface area contributed by atoms with E-state index in [1.165, 1.54) is 0 Å². The van der Waals surface area contributed by atoms with Gasteiger partial charge >= 0.3 is 5.97 Å². The number of carbonyl (C=O) groups is 2. The minimum Gasteiger partial charge on any atom is -0.497 e. The monoisotopic (exact) mass is 356 g/mol. The van der Waals surface area contributed by atoms with Gasteiger partial charge in [0.05, 0.1) is 19.8 Å². The molecule has 1 aliphatic heterocycles. The summed E-state index contributed by atoms with van der Waals surface area (Å²) in [6.07, 6.45) is 2.72. The quantitative estimate of drug-likeness (QED) is 0.758. The van der Waals surface area contributed by atoms with E-state index in [9.17, 15) is 14.9 Å². The predicted molar refractivity (Wildman–Crippen MR) is 94.0 cm³/mol. The normalized spacial score (nSPS) is 27.6. The van der Waals surface area contributed by atoms with Gasteiger partial charge in [0.25, 0.3) is 0 Å². The fourth-order valence-corrected chi connectivity index (χ4v) is 4.42. The lowest BCUT2D eigenvalue weighted by Crippen LogP contribution is -2.58. The molecule has 6 heteroatoms. The Kier molecular flexibility index (Phi) is 4.90. The summed E-state index contributed by atoms with van der Waals surface area (Å²) in [4.78, 5) is 27.3. The van der Waals surface area contributed by atoms with Crippen LogP contribution in [0.2, 0.25) is 0 Å². The first-order chi connectivity index (χ1) is 12.5. The van der Waals surface area contributed by atoms with Crippen LogP contribution in [-0.4, -0.2) is 36.0 Å². The smallest absolute Gasteiger partial charge is 0.316 e. The Morgan fingerprint density at radius 3 is 2.58 bits per heavy atom. The number of benzene rings is 1. The Morgan fingerprint density at radius 2 is 1.96 bits per heavy atom. The molecule has 0 bridgehead atoms. The van der Waals surface area contributed by atoms with Crippen LogP contribution >= 0.6 is 0 Å². The number of hydrogen-bond acceptors (Lipinski definition) is 5. The van der Waals surface area contributed by atoms with E-state index >= 15 is 0 Å². The largest absolute Gasteiger partial charge is 0.497 e. The Bertz CT molecular complexity index is 739. The molecule has 1 aromatic rings. The summed E-state index contributed by atoms with van der Waals surface area (Å²) in [7, 11) is 1.60. The third-order valence-corrected chi connectivity index (χ3v) is 5.75. The molecule has 2 fully saturated rings. The number of esters is 1. The highest BCUT2D eigenvalue weighted by Gasteiger charge is 2.68. The van der Waals surface area contributed by atoms with Crippen LogP contribution in [-0.2, 0) is 20.9 Å². The van der Waals surface area contributed by atoms with Gasteiger partial charge in [-0.1, -0.05) is 18.6 Å². The lowest BCUT2D eigenvalue weighted by Gasteiger charge is -2.45. The first kappa shape index (κ1) is 18.2. The zero-order chi connectivity index (χ0) is 18.8. The molecule has 1 aromatic carbocycles. The zero-order valence-corrected chi connectivity index (χ0v) is 15.3. The van der Waals surface area contributed by atoms with E-state index in [0.29, 0.717) is 19.4 Å². The maximum atomic E-state index is 12.9. The molecule has 1 amide bonds. The van der Waals surface area contributed by atoms with Gasteiger partial charge in [0, 0.05) is 13.0 Å². The van der Waals surface area contributed by atoms with Gasteiger partial charge in [-0.25, -0.2) is 0 Å². The van der Waals surface area contributed by atoms with Crippen molar-refractivity contribution < 1.29 is 19.1 Å². The molecule has 3 rings (SSSR count). The van der Waals surface area contributed by atoms with Gasteiger partial charge < -0.3 is 14.4 Å². The van der Waals surface area contributed by atoms with Gasteiger partial charge in [0.2, 0.25) is 5.91 Å². The third-order valence-electron chi connectivity index (χ3n) is 5.75. The van der Waals surface area contributed by atoms with Crippen molar-refractivity contribution in [1.29, 1.82) is 5.26 Å². The molecule has 0 N–H and O–H groups in total. The van der Waals surface area contributed by atoms with E-state index in [4.69, 9.17) is 9.47 Å². The lowest BCUT2D eigenvalue weighted by atomic mass is 9.62. The first-order valence-corrected chi connectivity index (χ1v) is 9.05. The number of amides is 1. The Balaban J connectivity index is 1.98. The summed E-state index contributed by atoms with van der Waals surface area (Å²) in [5.74, 6) is 0.166. The molecule has 0 radical (unpaired) electrons. The van der Waals surface area contributed by atoms with Crippen LogP contribution in [0.15, 0.2) is 24.3 Å². The predicted octanol–water partition coefficient (Wildman–Crippen LogP) is 2.81. The van der Waals surface area contributed by atoms with E-state index in [1.807, 2.05) is 24.3 Å². The van der Waals surface area contributed by atoms with E-state index in [2.05, 4.69) is 6.07 Å². The molecule has 0 unspecified atom stereocenters. The standard InChI is InChI=1S/C20H24N2O4/c1-3-26-18(24)19-10-4-5-11-20(19,14-21)22(17(23)12-19)13-15-6-8-16(25-2)9-7-15/h6-9H,3-5,10-13H2,1-2H3/t19-,20+/m1/s1. The van der Waals surface area contributed by atoms with Crippen LogP contribution in [0.4, 0.5) is 0 Å². The molecular weight excluding hydrogens is 332 g/mol. The van der Waals surface area contributed by atoms with Crippen LogP contribution < -0.4 is 4.74 Å². The fourth-order valence-electron chi connectivity index (χ4n) is 4.42. The molecule has 1 aliphatic carbocycles. The molecule has 138 valence electrons. The van der Waals surface area contributed by atoms with Gasteiger partial charge in [0.1, 0.15) is 16.7 Å². The minimum absolute atomic E-state index is 0.0511. The van der Waals surface area contributed by atoms with Crippen LogP contribution in [0.1, 0.15) is 44.6 Å². The summed E-state index contributed by atoms with van der Waals surface area (Å²) < 4.78 is 10.5. The number of nitriles is 1. The van der Waals surface area contributed by atoms with Gasteiger partial charge in [-0.3, -0.25) is 9.59 Å². The highest BCUT2D eigenvalue weighted by Crippen LogP contribution is 2.56. The van der Waals surface area contributed by atoms with E-state index in [0.717, 1.165) is 24.2 Å². The Hall–Kier alpha value is -2.55. The van der Waals surface area contributed by atoms with E-state index < -0.39 is 16.9 Å². The molecule has 1 heterocycles. The summed E-state index contributed by atoms with van der Waals surface area (Å²) in [6, 6.07) is 9.78. The number of carbonyl (C=O) groups excluding carboxylic acids is 2. The second kappa shape index (κ2) is 6.99.